The van der Waals surface area contributed by atoms with Gasteiger partial charge in [0.15, 0.2) is 5.82 Å². The second-order valence-corrected chi connectivity index (χ2v) is 5.11. The molecule has 15 heavy (non-hydrogen) atoms. The summed E-state index contributed by atoms with van der Waals surface area (Å²) in [7, 11) is 0. The van der Waals surface area contributed by atoms with Crippen LogP contribution in [0, 0.1) is 6.92 Å². The van der Waals surface area contributed by atoms with Crippen LogP contribution in [0.3, 0.4) is 0 Å². The molecule has 0 amide bonds. The molecular weight excluding hydrogens is 224 g/mol. The first-order valence-corrected chi connectivity index (χ1v) is 6.35. The van der Waals surface area contributed by atoms with E-state index in [0.717, 1.165) is 15.5 Å². The minimum Gasteiger partial charge on any atom is -0.235 e. The van der Waals surface area contributed by atoms with Crippen molar-refractivity contribution in [2.75, 3.05) is 0 Å². The van der Waals surface area contributed by atoms with E-state index in [1.807, 2.05) is 23.7 Å². The van der Waals surface area contributed by atoms with Crippen LogP contribution in [0.1, 0.15) is 5.56 Å². The summed E-state index contributed by atoms with van der Waals surface area (Å²) < 4.78 is 0. The summed E-state index contributed by atoms with van der Waals surface area (Å²) >= 11 is 3.35. The fraction of sp³-hybridized carbons (Fsp3) is 0.0909. The number of fused-ring (bicyclic) bond motifs is 1. The van der Waals surface area contributed by atoms with Gasteiger partial charge >= 0.3 is 0 Å². The summed E-state index contributed by atoms with van der Waals surface area (Å²) in [5.74, 6) is 0.833. The molecular formula is C11H8N2S2. The second kappa shape index (κ2) is 3.40. The number of thiophene rings is 2. The van der Waals surface area contributed by atoms with E-state index < -0.39 is 0 Å². The Labute approximate surface area is 95.3 Å². The largest absolute Gasteiger partial charge is 0.235 e. The Balaban J connectivity index is 2.23. The zero-order chi connectivity index (χ0) is 10.3. The third-order valence-electron chi connectivity index (χ3n) is 2.27. The molecule has 3 aromatic rings. The lowest BCUT2D eigenvalue weighted by Crippen LogP contribution is -1.85. The quantitative estimate of drug-likeness (QED) is 0.639. The van der Waals surface area contributed by atoms with Gasteiger partial charge < -0.3 is 0 Å². The van der Waals surface area contributed by atoms with Gasteiger partial charge in [-0.05, 0) is 29.3 Å². The van der Waals surface area contributed by atoms with Gasteiger partial charge in [0.1, 0.15) is 4.83 Å². The molecule has 74 valence electrons. The maximum absolute atomic E-state index is 4.56. The van der Waals surface area contributed by atoms with Crippen molar-refractivity contribution in [2.45, 2.75) is 6.92 Å². The lowest BCUT2D eigenvalue weighted by atomic mass is 10.3. The van der Waals surface area contributed by atoms with E-state index in [0.29, 0.717) is 0 Å². The maximum Gasteiger partial charge on any atom is 0.170 e. The average molecular weight is 232 g/mol. The smallest absolute Gasteiger partial charge is 0.170 e. The zero-order valence-corrected chi connectivity index (χ0v) is 9.73. The minimum atomic E-state index is 0.833. The Morgan fingerprint density at radius 1 is 1.27 bits per heavy atom. The Hall–Kier alpha value is -1.26. The first kappa shape index (κ1) is 9.00. The highest BCUT2D eigenvalue weighted by Gasteiger charge is 2.06. The number of rotatable bonds is 1. The first-order chi connectivity index (χ1) is 7.34. The molecule has 0 aliphatic rings. The molecule has 3 heterocycles. The molecule has 0 unspecified atom stereocenters. The Morgan fingerprint density at radius 2 is 2.20 bits per heavy atom. The maximum atomic E-state index is 4.56. The van der Waals surface area contributed by atoms with E-state index in [2.05, 4.69) is 22.3 Å². The average Bonchev–Trinajstić information content (AvgIpc) is 2.88. The number of aromatic nitrogens is 2. The van der Waals surface area contributed by atoms with Gasteiger partial charge in [-0.1, -0.05) is 6.07 Å². The van der Waals surface area contributed by atoms with Gasteiger partial charge in [0.05, 0.1) is 4.88 Å². The van der Waals surface area contributed by atoms with Crippen molar-refractivity contribution in [1.82, 2.24) is 9.97 Å². The van der Waals surface area contributed by atoms with Crippen molar-refractivity contribution in [3.8, 4) is 10.7 Å². The van der Waals surface area contributed by atoms with Crippen LogP contribution in [0.15, 0.2) is 29.1 Å². The van der Waals surface area contributed by atoms with Crippen molar-refractivity contribution in [3.05, 3.63) is 34.7 Å². The Morgan fingerprint density at radius 3 is 3.00 bits per heavy atom. The highest BCUT2D eigenvalue weighted by atomic mass is 32.1. The molecule has 2 nitrogen and oxygen atoms in total. The van der Waals surface area contributed by atoms with E-state index >= 15 is 0 Å². The summed E-state index contributed by atoms with van der Waals surface area (Å²) in [5, 5.41) is 5.33. The predicted molar refractivity (Wildman–Crippen MR) is 65.5 cm³/mol. The number of hydrogen-bond acceptors (Lipinski definition) is 4. The van der Waals surface area contributed by atoms with Crippen molar-refractivity contribution >= 4 is 32.9 Å². The van der Waals surface area contributed by atoms with Gasteiger partial charge in [-0.25, -0.2) is 9.97 Å². The zero-order valence-electron chi connectivity index (χ0n) is 8.10. The van der Waals surface area contributed by atoms with Crippen LogP contribution >= 0.6 is 22.7 Å². The fourth-order valence-corrected chi connectivity index (χ4v) is 3.02. The van der Waals surface area contributed by atoms with Gasteiger partial charge in [-0.3, -0.25) is 0 Å². The number of hydrogen-bond donors (Lipinski definition) is 0. The summed E-state index contributed by atoms with van der Waals surface area (Å²) in [5.41, 5.74) is 1.26. The Bertz CT molecular complexity index is 596. The molecule has 4 heteroatoms. The van der Waals surface area contributed by atoms with Crippen LogP contribution in [0.25, 0.3) is 20.9 Å². The summed E-state index contributed by atoms with van der Waals surface area (Å²) in [6.45, 7) is 2.09. The highest BCUT2D eigenvalue weighted by molar-refractivity contribution is 7.17. The van der Waals surface area contributed by atoms with Gasteiger partial charge in [0.25, 0.3) is 0 Å². The van der Waals surface area contributed by atoms with Crippen molar-refractivity contribution in [2.24, 2.45) is 0 Å². The molecule has 3 aromatic heterocycles. The van der Waals surface area contributed by atoms with Crippen LogP contribution in [0.2, 0.25) is 0 Å². The van der Waals surface area contributed by atoms with E-state index in [1.165, 1.54) is 10.9 Å². The third-order valence-corrected chi connectivity index (χ3v) is 4.14. The van der Waals surface area contributed by atoms with Crippen molar-refractivity contribution < 1.29 is 0 Å². The van der Waals surface area contributed by atoms with Gasteiger partial charge in [0, 0.05) is 11.6 Å². The van der Waals surface area contributed by atoms with Crippen LogP contribution in [-0.4, -0.2) is 9.97 Å². The monoisotopic (exact) mass is 232 g/mol. The third kappa shape index (κ3) is 1.46. The molecule has 0 aliphatic carbocycles. The molecule has 0 radical (unpaired) electrons. The van der Waals surface area contributed by atoms with E-state index in [4.69, 9.17) is 0 Å². The molecule has 0 fully saturated rings. The molecule has 0 atom stereocenters. The molecule has 0 saturated carbocycles. The molecule has 0 bridgehead atoms. The Kier molecular flexibility index (Phi) is 2.04. The fourth-order valence-electron chi connectivity index (χ4n) is 1.46. The van der Waals surface area contributed by atoms with Gasteiger partial charge in [-0.2, -0.15) is 0 Å². The second-order valence-electron chi connectivity index (χ2n) is 3.31. The van der Waals surface area contributed by atoms with E-state index in [9.17, 15) is 0 Å². The predicted octanol–water partition coefficient (Wildman–Crippen LogP) is 3.73. The lowest BCUT2D eigenvalue weighted by Gasteiger charge is -1.95. The first-order valence-electron chi connectivity index (χ1n) is 4.59. The summed E-state index contributed by atoms with van der Waals surface area (Å²) in [4.78, 5) is 11.1. The number of aryl methyl sites for hydroxylation is 1. The van der Waals surface area contributed by atoms with E-state index in [-0.39, 0.29) is 0 Å². The molecule has 0 spiro atoms. The minimum absolute atomic E-state index is 0.833. The molecule has 0 aromatic carbocycles. The number of nitrogens with zero attached hydrogens (tertiary/aromatic N) is 2. The molecule has 0 saturated heterocycles. The standard InChI is InChI=1S/C11H8N2S2/c1-7-6-15-11-8(7)5-12-10(13-11)9-3-2-4-14-9/h2-6H,1H3. The van der Waals surface area contributed by atoms with Gasteiger partial charge in [0.2, 0.25) is 0 Å². The van der Waals surface area contributed by atoms with Gasteiger partial charge in [-0.15, -0.1) is 22.7 Å². The lowest BCUT2D eigenvalue weighted by molar-refractivity contribution is 1.25. The molecule has 0 aliphatic heterocycles. The summed E-state index contributed by atoms with van der Waals surface area (Å²) in [6.07, 6.45) is 1.92. The normalized spacial score (nSPS) is 11.0. The molecule has 0 N–H and O–H groups in total. The van der Waals surface area contributed by atoms with Crippen molar-refractivity contribution in [1.29, 1.82) is 0 Å². The van der Waals surface area contributed by atoms with Crippen LogP contribution in [-0.2, 0) is 0 Å². The van der Waals surface area contributed by atoms with E-state index in [1.54, 1.807) is 22.7 Å². The topological polar surface area (TPSA) is 25.8 Å². The SMILES string of the molecule is Cc1csc2nc(-c3cccs3)ncc12. The van der Waals surface area contributed by atoms with Crippen molar-refractivity contribution in [3.63, 3.8) is 0 Å². The molecule has 3 rings (SSSR count). The van der Waals surface area contributed by atoms with Crippen LogP contribution in [0.4, 0.5) is 0 Å². The highest BCUT2D eigenvalue weighted by Crippen LogP contribution is 2.27. The summed E-state index contributed by atoms with van der Waals surface area (Å²) in [6, 6.07) is 4.07. The van der Waals surface area contributed by atoms with Crippen LogP contribution < -0.4 is 0 Å². The van der Waals surface area contributed by atoms with Crippen LogP contribution in [0.5, 0.6) is 0 Å².